The van der Waals surface area contributed by atoms with Crippen molar-refractivity contribution in [3.8, 4) is 0 Å². The number of ketones is 1. The average molecular weight is 368 g/mol. The number of aromatic nitrogens is 1. The maximum atomic E-state index is 11.1. The molecule has 3 heteroatoms. The SMILES string of the molecule is CC(=O)C[n+]1ccc(/C=C/c2cccc3ccccc23)cc1.[Br-]. The average Bonchev–Trinajstić information content (AvgIpc) is 2.54. The molecule has 0 bridgehead atoms. The van der Waals surface area contributed by atoms with Crippen molar-refractivity contribution >= 4 is 28.7 Å². The van der Waals surface area contributed by atoms with Crippen LogP contribution in [0.25, 0.3) is 22.9 Å². The van der Waals surface area contributed by atoms with E-state index in [0.29, 0.717) is 6.54 Å². The summed E-state index contributed by atoms with van der Waals surface area (Å²) >= 11 is 0. The topological polar surface area (TPSA) is 20.9 Å². The molecular formula is C20H18BrNO. The maximum Gasteiger partial charge on any atom is 0.206 e. The van der Waals surface area contributed by atoms with E-state index in [1.807, 2.05) is 29.1 Å². The summed E-state index contributed by atoms with van der Waals surface area (Å²) in [5.74, 6) is 0.157. The van der Waals surface area contributed by atoms with E-state index in [4.69, 9.17) is 0 Å². The van der Waals surface area contributed by atoms with Gasteiger partial charge in [0.1, 0.15) is 0 Å². The lowest BCUT2D eigenvalue weighted by atomic mass is 10.0. The van der Waals surface area contributed by atoms with Crippen LogP contribution in [0.15, 0.2) is 67.0 Å². The molecule has 3 aromatic rings. The third kappa shape index (κ3) is 4.36. The molecule has 0 atom stereocenters. The molecule has 2 aromatic carbocycles. The minimum absolute atomic E-state index is 0. The normalized spacial score (nSPS) is 10.7. The van der Waals surface area contributed by atoms with Gasteiger partial charge < -0.3 is 17.0 Å². The van der Waals surface area contributed by atoms with Crippen molar-refractivity contribution < 1.29 is 26.3 Å². The van der Waals surface area contributed by atoms with Crippen molar-refractivity contribution in [2.24, 2.45) is 0 Å². The van der Waals surface area contributed by atoms with E-state index in [1.165, 1.54) is 16.3 Å². The number of pyridine rings is 1. The first-order valence-electron chi connectivity index (χ1n) is 7.37. The van der Waals surface area contributed by atoms with Crippen LogP contribution in [0.5, 0.6) is 0 Å². The lowest BCUT2D eigenvalue weighted by Crippen LogP contribution is -3.00. The number of benzene rings is 2. The van der Waals surface area contributed by atoms with Crippen molar-refractivity contribution in [2.75, 3.05) is 0 Å². The molecule has 0 saturated carbocycles. The standard InChI is InChI=1S/C20H18NO.BrH/c1-16(22)15-21-13-11-17(12-14-21)9-10-19-7-4-6-18-5-2-3-8-20(18)19;/h2-14H,15H2,1H3;1H/q+1;/p-1/b10-9+;. The van der Waals surface area contributed by atoms with Crippen LogP contribution >= 0.6 is 0 Å². The molecule has 1 heterocycles. The van der Waals surface area contributed by atoms with E-state index in [9.17, 15) is 4.79 Å². The number of halogens is 1. The third-order valence-corrected chi connectivity index (χ3v) is 3.60. The fourth-order valence-electron chi connectivity index (χ4n) is 2.52. The first kappa shape index (κ1) is 17.1. The summed E-state index contributed by atoms with van der Waals surface area (Å²) in [6, 6.07) is 18.7. The Kier molecular flexibility index (Phi) is 5.83. The van der Waals surface area contributed by atoms with Gasteiger partial charge in [-0.3, -0.25) is 4.79 Å². The highest BCUT2D eigenvalue weighted by Gasteiger charge is 2.03. The second-order valence-electron chi connectivity index (χ2n) is 5.41. The first-order valence-corrected chi connectivity index (χ1v) is 7.37. The Morgan fingerprint density at radius 1 is 0.957 bits per heavy atom. The van der Waals surface area contributed by atoms with Gasteiger partial charge in [0, 0.05) is 19.1 Å². The quantitative estimate of drug-likeness (QED) is 0.627. The van der Waals surface area contributed by atoms with Crippen molar-refractivity contribution in [1.82, 2.24) is 0 Å². The van der Waals surface area contributed by atoms with Gasteiger partial charge in [-0.05, 0) is 21.9 Å². The lowest BCUT2D eigenvalue weighted by molar-refractivity contribution is -0.684. The Bertz CT molecular complexity index is 832. The molecule has 0 aliphatic heterocycles. The molecular weight excluding hydrogens is 350 g/mol. The van der Waals surface area contributed by atoms with Crippen molar-refractivity contribution in [1.29, 1.82) is 0 Å². The monoisotopic (exact) mass is 367 g/mol. The highest BCUT2D eigenvalue weighted by atomic mass is 79.9. The van der Waals surface area contributed by atoms with Crippen LogP contribution in [0.4, 0.5) is 0 Å². The summed E-state index contributed by atoms with van der Waals surface area (Å²) < 4.78 is 1.89. The summed E-state index contributed by atoms with van der Waals surface area (Å²) in [5.41, 5.74) is 2.33. The summed E-state index contributed by atoms with van der Waals surface area (Å²) in [5, 5.41) is 2.50. The highest BCUT2D eigenvalue weighted by molar-refractivity contribution is 5.92. The van der Waals surface area contributed by atoms with Crippen LogP contribution in [0, 0.1) is 0 Å². The van der Waals surface area contributed by atoms with Crippen LogP contribution in [0.1, 0.15) is 18.1 Å². The Hall–Kier alpha value is -2.26. The van der Waals surface area contributed by atoms with Crippen molar-refractivity contribution in [2.45, 2.75) is 13.5 Å². The zero-order valence-electron chi connectivity index (χ0n) is 12.9. The number of carbonyl (C=O) groups is 1. The molecule has 0 N–H and O–H groups in total. The molecule has 2 nitrogen and oxygen atoms in total. The molecule has 0 fully saturated rings. The minimum atomic E-state index is 0. The second kappa shape index (κ2) is 7.84. The number of hydrogen-bond donors (Lipinski definition) is 0. The number of carbonyl (C=O) groups excluding carboxylic acids is 1. The molecule has 0 spiro atoms. The van der Waals surface area contributed by atoms with Gasteiger partial charge in [0.25, 0.3) is 0 Å². The fourth-order valence-corrected chi connectivity index (χ4v) is 2.52. The largest absolute Gasteiger partial charge is 1.00 e. The second-order valence-corrected chi connectivity index (χ2v) is 5.41. The fraction of sp³-hybridized carbons (Fsp3) is 0.100. The zero-order valence-corrected chi connectivity index (χ0v) is 14.5. The van der Waals surface area contributed by atoms with Crippen molar-refractivity contribution in [3.63, 3.8) is 0 Å². The van der Waals surface area contributed by atoms with E-state index in [2.05, 4.69) is 54.6 Å². The molecule has 23 heavy (non-hydrogen) atoms. The molecule has 0 aliphatic carbocycles. The Morgan fingerprint density at radius 2 is 1.65 bits per heavy atom. The minimum Gasteiger partial charge on any atom is -1.00 e. The molecule has 0 amide bonds. The van der Waals surface area contributed by atoms with Gasteiger partial charge in [-0.2, -0.15) is 4.57 Å². The molecule has 0 unspecified atom stereocenters. The lowest BCUT2D eigenvalue weighted by Gasteiger charge is -2.01. The number of hydrogen-bond acceptors (Lipinski definition) is 1. The Morgan fingerprint density at radius 3 is 2.39 bits per heavy atom. The number of rotatable bonds is 4. The van der Waals surface area contributed by atoms with Gasteiger partial charge in [-0.25, -0.2) is 0 Å². The van der Waals surface area contributed by atoms with Crippen molar-refractivity contribution in [3.05, 3.63) is 78.1 Å². The molecule has 1 aromatic heterocycles. The van der Waals surface area contributed by atoms with Crippen LogP contribution in [-0.2, 0) is 11.3 Å². The zero-order chi connectivity index (χ0) is 15.4. The summed E-state index contributed by atoms with van der Waals surface area (Å²) in [7, 11) is 0. The molecule has 3 rings (SSSR count). The Labute approximate surface area is 146 Å². The molecule has 116 valence electrons. The van der Waals surface area contributed by atoms with Gasteiger partial charge in [0.15, 0.2) is 18.2 Å². The molecule has 0 saturated heterocycles. The number of nitrogens with zero attached hydrogens (tertiary/aromatic N) is 1. The first-order chi connectivity index (χ1) is 10.7. The van der Waals surface area contributed by atoms with Crippen LogP contribution < -0.4 is 21.5 Å². The van der Waals surface area contributed by atoms with Crippen LogP contribution in [0.2, 0.25) is 0 Å². The van der Waals surface area contributed by atoms with Gasteiger partial charge >= 0.3 is 0 Å². The summed E-state index contributed by atoms with van der Waals surface area (Å²) in [6.45, 7) is 2.02. The van der Waals surface area contributed by atoms with E-state index in [1.54, 1.807) is 6.92 Å². The van der Waals surface area contributed by atoms with Gasteiger partial charge in [-0.1, -0.05) is 54.6 Å². The summed E-state index contributed by atoms with van der Waals surface area (Å²) in [6.07, 6.45) is 8.10. The van der Waals surface area contributed by atoms with E-state index >= 15 is 0 Å². The van der Waals surface area contributed by atoms with Gasteiger partial charge in [0.05, 0.1) is 0 Å². The maximum absolute atomic E-state index is 11.1. The highest BCUT2D eigenvalue weighted by Crippen LogP contribution is 2.20. The molecule has 0 aliphatic rings. The van der Waals surface area contributed by atoms with Gasteiger partial charge in [0.2, 0.25) is 6.54 Å². The predicted molar refractivity (Wildman–Crippen MR) is 90.2 cm³/mol. The third-order valence-electron chi connectivity index (χ3n) is 3.60. The Balaban J connectivity index is 0.00000192. The number of fused-ring (bicyclic) bond motifs is 1. The van der Waals surface area contributed by atoms with Crippen LogP contribution in [-0.4, -0.2) is 5.78 Å². The molecule has 0 radical (unpaired) electrons. The van der Waals surface area contributed by atoms with E-state index < -0.39 is 0 Å². The smallest absolute Gasteiger partial charge is 0.206 e. The van der Waals surface area contributed by atoms with Crippen LogP contribution in [0.3, 0.4) is 0 Å². The van der Waals surface area contributed by atoms with Gasteiger partial charge in [-0.15, -0.1) is 0 Å². The summed E-state index contributed by atoms with van der Waals surface area (Å²) in [4.78, 5) is 11.1. The number of Topliss-reactive ketones (excluding diaryl/α,β-unsaturated/α-hetero) is 1. The van der Waals surface area contributed by atoms with E-state index in [-0.39, 0.29) is 22.8 Å². The predicted octanol–water partition coefficient (Wildman–Crippen LogP) is 0.891. The van der Waals surface area contributed by atoms with E-state index in [0.717, 1.165) is 5.56 Å².